The smallest absolute Gasteiger partial charge is 0.166 e. The monoisotopic (exact) mass is 193 g/mol. The first-order valence-electron chi connectivity index (χ1n) is 4.86. The Morgan fingerprint density at radius 1 is 1.57 bits per heavy atom. The van der Waals surface area contributed by atoms with Gasteiger partial charge in [0.2, 0.25) is 0 Å². The van der Waals surface area contributed by atoms with Gasteiger partial charge in [-0.05, 0) is 18.1 Å². The molecule has 2 N–H and O–H groups in total. The van der Waals surface area contributed by atoms with Crippen LogP contribution < -0.4 is 15.2 Å². The second-order valence-corrected chi connectivity index (χ2v) is 3.44. The minimum absolute atomic E-state index is 0.00458. The van der Waals surface area contributed by atoms with Gasteiger partial charge in [0, 0.05) is 5.56 Å². The average Bonchev–Trinajstić information content (AvgIpc) is 2.60. The maximum atomic E-state index is 5.97. The molecular weight excluding hydrogens is 178 g/mol. The van der Waals surface area contributed by atoms with Gasteiger partial charge in [-0.2, -0.15) is 0 Å². The van der Waals surface area contributed by atoms with Gasteiger partial charge < -0.3 is 15.2 Å². The van der Waals surface area contributed by atoms with Crippen molar-refractivity contribution in [2.45, 2.75) is 19.4 Å². The Kier molecular flexibility index (Phi) is 2.33. The molecular formula is C11H15NO2. The van der Waals surface area contributed by atoms with Crippen molar-refractivity contribution in [2.24, 2.45) is 5.73 Å². The van der Waals surface area contributed by atoms with Crippen LogP contribution in [0.25, 0.3) is 0 Å². The number of benzene rings is 1. The molecule has 76 valence electrons. The summed E-state index contributed by atoms with van der Waals surface area (Å²) in [7, 11) is 1.65. The first kappa shape index (κ1) is 9.34. The third-order valence-corrected chi connectivity index (χ3v) is 2.63. The summed E-state index contributed by atoms with van der Waals surface area (Å²) in [5.74, 6) is 1.62. The van der Waals surface area contributed by atoms with Crippen LogP contribution in [0.15, 0.2) is 12.1 Å². The quantitative estimate of drug-likeness (QED) is 0.776. The molecule has 3 heteroatoms. The van der Waals surface area contributed by atoms with Crippen molar-refractivity contribution in [3.63, 3.8) is 0 Å². The number of nitrogens with two attached hydrogens (primary N) is 1. The highest BCUT2D eigenvalue weighted by Crippen LogP contribution is 2.41. The molecule has 0 saturated heterocycles. The third-order valence-electron chi connectivity index (χ3n) is 2.63. The molecule has 1 aliphatic heterocycles. The van der Waals surface area contributed by atoms with Crippen molar-refractivity contribution in [2.75, 3.05) is 13.7 Å². The Morgan fingerprint density at radius 3 is 3.00 bits per heavy atom. The van der Waals surface area contributed by atoms with E-state index in [0.29, 0.717) is 6.61 Å². The highest BCUT2D eigenvalue weighted by Gasteiger charge is 2.26. The highest BCUT2D eigenvalue weighted by molar-refractivity contribution is 5.54. The van der Waals surface area contributed by atoms with Gasteiger partial charge in [-0.1, -0.05) is 13.0 Å². The number of hydrogen-bond donors (Lipinski definition) is 1. The van der Waals surface area contributed by atoms with Crippen molar-refractivity contribution >= 4 is 0 Å². The van der Waals surface area contributed by atoms with E-state index in [1.54, 1.807) is 7.11 Å². The second-order valence-electron chi connectivity index (χ2n) is 3.44. The standard InChI is InChI=1S/C11H15NO2/c1-3-7-4-5-9(13-2)11-10(7)8(12)6-14-11/h4-5,8H,3,6,12H2,1-2H3/t8-/m0/s1. The fourth-order valence-electron chi connectivity index (χ4n) is 1.90. The zero-order chi connectivity index (χ0) is 10.1. The Morgan fingerprint density at radius 2 is 2.36 bits per heavy atom. The van der Waals surface area contributed by atoms with Crippen LogP contribution in [0.4, 0.5) is 0 Å². The number of fused-ring (bicyclic) bond motifs is 1. The van der Waals surface area contributed by atoms with E-state index in [1.165, 1.54) is 5.56 Å². The van der Waals surface area contributed by atoms with Crippen LogP contribution in [0.1, 0.15) is 24.1 Å². The maximum Gasteiger partial charge on any atom is 0.166 e. The molecule has 0 fully saturated rings. The summed E-state index contributed by atoms with van der Waals surface area (Å²) in [6.45, 7) is 2.68. The molecule has 0 radical (unpaired) electrons. The van der Waals surface area contributed by atoms with Crippen LogP contribution in [-0.2, 0) is 6.42 Å². The molecule has 3 nitrogen and oxygen atoms in total. The molecule has 2 rings (SSSR count). The lowest BCUT2D eigenvalue weighted by Gasteiger charge is -2.10. The van der Waals surface area contributed by atoms with E-state index in [0.717, 1.165) is 23.5 Å². The minimum atomic E-state index is -0.00458. The van der Waals surface area contributed by atoms with Gasteiger partial charge in [0.05, 0.1) is 13.2 Å². The Balaban J connectivity index is 2.56. The summed E-state index contributed by atoms with van der Waals surface area (Å²) in [6, 6.07) is 4.00. The first-order chi connectivity index (χ1) is 6.77. The molecule has 1 aromatic carbocycles. The first-order valence-corrected chi connectivity index (χ1v) is 4.86. The van der Waals surface area contributed by atoms with Crippen molar-refractivity contribution in [3.05, 3.63) is 23.3 Å². The van der Waals surface area contributed by atoms with Crippen molar-refractivity contribution in [1.82, 2.24) is 0 Å². The summed E-state index contributed by atoms with van der Waals surface area (Å²) in [5.41, 5.74) is 8.34. The van der Waals surface area contributed by atoms with Crippen LogP contribution >= 0.6 is 0 Å². The van der Waals surface area contributed by atoms with Crippen LogP contribution in [0.5, 0.6) is 11.5 Å². The fraction of sp³-hybridized carbons (Fsp3) is 0.455. The normalized spacial score (nSPS) is 18.9. The van der Waals surface area contributed by atoms with Gasteiger partial charge in [0.15, 0.2) is 11.5 Å². The summed E-state index contributed by atoms with van der Waals surface area (Å²) in [6.07, 6.45) is 0.976. The van der Waals surface area contributed by atoms with Crippen LogP contribution in [0.2, 0.25) is 0 Å². The van der Waals surface area contributed by atoms with Gasteiger partial charge >= 0.3 is 0 Å². The maximum absolute atomic E-state index is 5.97. The topological polar surface area (TPSA) is 44.5 Å². The highest BCUT2D eigenvalue weighted by atomic mass is 16.5. The van der Waals surface area contributed by atoms with E-state index in [9.17, 15) is 0 Å². The zero-order valence-electron chi connectivity index (χ0n) is 8.54. The van der Waals surface area contributed by atoms with Gasteiger partial charge in [-0.3, -0.25) is 0 Å². The molecule has 1 atom stereocenters. The van der Waals surface area contributed by atoms with E-state index in [2.05, 4.69) is 13.0 Å². The number of aryl methyl sites for hydroxylation is 1. The van der Waals surface area contributed by atoms with E-state index in [1.807, 2.05) is 6.07 Å². The number of ether oxygens (including phenoxy) is 2. The summed E-state index contributed by atoms with van der Waals surface area (Å²) < 4.78 is 10.7. The van der Waals surface area contributed by atoms with E-state index in [-0.39, 0.29) is 6.04 Å². The van der Waals surface area contributed by atoms with Crippen LogP contribution in [0, 0.1) is 0 Å². The fourth-order valence-corrected chi connectivity index (χ4v) is 1.90. The molecule has 0 saturated carbocycles. The molecule has 0 aromatic heterocycles. The predicted molar refractivity (Wildman–Crippen MR) is 54.8 cm³/mol. The van der Waals surface area contributed by atoms with Gasteiger partial charge in [-0.25, -0.2) is 0 Å². The number of hydrogen-bond acceptors (Lipinski definition) is 3. The van der Waals surface area contributed by atoms with Crippen molar-refractivity contribution in [3.8, 4) is 11.5 Å². The lowest BCUT2D eigenvalue weighted by atomic mass is 10.00. The van der Waals surface area contributed by atoms with Gasteiger partial charge in [0.1, 0.15) is 6.61 Å². The molecule has 0 amide bonds. The Labute approximate surface area is 83.8 Å². The summed E-state index contributed by atoms with van der Waals surface area (Å²) >= 11 is 0. The molecule has 1 heterocycles. The predicted octanol–water partition coefficient (Wildman–Crippen LogP) is 1.65. The lowest BCUT2D eigenvalue weighted by Crippen LogP contribution is -2.12. The van der Waals surface area contributed by atoms with E-state index >= 15 is 0 Å². The second kappa shape index (κ2) is 3.50. The largest absolute Gasteiger partial charge is 0.493 e. The van der Waals surface area contributed by atoms with E-state index in [4.69, 9.17) is 15.2 Å². The SMILES string of the molecule is CCc1ccc(OC)c2c1[C@@H](N)CO2. The minimum Gasteiger partial charge on any atom is -0.493 e. The molecule has 1 aliphatic rings. The average molecular weight is 193 g/mol. The lowest BCUT2D eigenvalue weighted by molar-refractivity contribution is 0.311. The van der Waals surface area contributed by atoms with Crippen molar-refractivity contribution < 1.29 is 9.47 Å². The third kappa shape index (κ3) is 1.24. The molecule has 14 heavy (non-hydrogen) atoms. The number of rotatable bonds is 2. The Hall–Kier alpha value is -1.22. The molecule has 0 aliphatic carbocycles. The van der Waals surface area contributed by atoms with Crippen LogP contribution in [0.3, 0.4) is 0 Å². The van der Waals surface area contributed by atoms with E-state index < -0.39 is 0 Å². The van der Waals surface area contributed by atoms with Crippen molar-refractivity contribution in [1.29, 1.82) is 0 Å². The zero-order valence-corrected chi connectivity index (χ0v) is 8.54. The van der Waals surface area contributed by atoms with Crippen LogP contribution in [-0.4, -0.2) is 13.7 Å². The molecule has 0 spiro atoms. The Bertz CT molecular complexity index is 349. The summed E-state index contributed by atoms with van der Waals surface area (Å²) in [4.78, 5) is 0. The van der Waals surface area contributed by atoms with Gasteiger partial charge in [-0.15, -0.1) is 0 Å². The van der Waals surface area contributed by atoms with Gasteiger partial charge in [0.25, 0.3) is 0 Å². The molecule has 0 bridgehead atoms. The summed E-state index contributed by atoms with van der Waals surface area (Å²) in [5, 5.41) is 0. The number of methoxy groups -OCH3 is 1. The molecule has 1 aromatic rings. The molecule has 0 unspecified atom stereocenters.